The average Bonchev–Trinajstić information content (AvgIpc) is 2.66. The first-order valence-electron chi connectivity index (χ1n) is 9.40. The van der Waals surface area contributed by atoms with Crippen LogP contribution in [0.25, 0.3) is 0 Å². The molecule has 0 bridgehead atoms. The number of nitrogens with zero attached hydrogens (tertiary/aromatic N) is 2. The molecular formula is C21H28ClN3O3S. The van der Waals surface area contributed by atoms with Gasteiger partial charge in [-0.3, -0.25) is 4.79 Å². The zero-order valence-electron chi connectivity index (χ0n) is 17.3. The van der Waals surface area contributed by atoms with Crippen molar-refractivity contribution in [2.75, 3.05) is 31.5 Å². The van der Waals surface area contributed by atoms with Crippen LogP contribution in [0.15, 0.2) is 42.5 Å². The molecule has 0 aromatic heterocycles. The van der Waals surface area contributed by atoms with Crippen LogP contribution < -0.4 is 9.62 Å². The molecule has 0 aliphatic rings. The minimum atomic E-state index is -3.81. The maximum atomic E-state index is 12.8. The summed E-state index contributed by atoms with van der Waals surface area (Å²) in [6.07, 6.45) is 1.55. The summed E-state index contributed by atoms with van der Waals surface area (Å²) in [5.41, 5.74) is 3.36. The lowest BCUT2D eigenvalue weighted by Crippen LogP contribution is -2.46. The molecule has 158 valence electrons. The van der Waals surface area contributed by atoms with Gasteiger partial charge in [0.25, 0.3) is 0 Å². The molecule has 0 heterocycles. The van der Waals surface area contributed by atoms with E-state index in [1.165, 1.54) is 14.1 Å². The van der Waals surface area contributed by atoms with Gasteiger partial charge in [-0.05, 0) is 61.6 Å². The predicted octanol–water partition coefficient (Wildman–Crippen LogP) is 3.32. The lowest BCUT2D eigenvalue weighted by atomic mass is 10.1. The number of hydrogen-bond donors (Lipinski definition) is 1. The summed E-state index contributed by atoms with van der Waals surface area (Å²) >= 11 is 5.88. The highest BCUT2D eigenvalue weighted by atomic mass is 35.5. The van der Waals surface area contributed by atoms with Crippen molar-refractivity contribution in [2.24, 2.45) is 0 Å². The molecule has 0 saturated heterocycles. The third-order valence-corrected chi connectivity index (χ3v) is 6.60. The minimum absolute atomic E-state index is 0.272. The highest BCUT2D eigenvalue weighted by molar-refractivity contribution is 7.90. The first-order valence-corrected chi connectivity index (χ1v) is 11.2. The molecule has 0 aliphatic heterocycles. The molecule has 0 spiro atoms. The van der Waals surface area contributed by atoms with Crippen molar-refractivity contribution < 1.29 is 13.2 Å². The van der Waals surface area contributed by atoms with Gasteiger partial charge < -0.3 is 5.32 Å². The number of nitrogens with one attached hydrogen (secondary N) is 1. The topological polar surface area (TPSA) is 69.7 Å². The Bertz CT molecular complexity index is 944. The molecule has 2 aromatic rings. The third kappa shape index (κ3) is 6.45. The SMILES string of the molecule is Cc1ccc(C)c(N(CC(=O)NCCCc2ccc(Cl)cc2)S(=O)(=O)N(C)C)c1. The Balaban J connectivity index is 2.03. The Morgan fingerprint density at radius 2 is 1.72 bits per heavy atom. The van der Waals surface area contributed by atoms with Gasteiger partial charge in [-0.15, -0.1) is 0 Å². The smallest absolute Gasteiger partial charge is 0.304 e. The third-order valence-electron chi connectivity index (χ3n) is 4.54. The second-order valence-electron chi connectivity index (χ2n) is 7.17. The Morgan fingerprint density at radius 1 is 1.07 bits per heavy atom. The molecule has 8 heteroatoms. The van der Waals surface area contributed by atoms with Crippen molar-refractivity contribution in [1.29, 1.82) is 0 Å². The molecule has 6 nitrogen and oxygen atoms in total. The number of halogens is 1. The summed E-state index contributed by atoms with van der Waals surface area (Å²) in [6.45, 7) is 3.91. The number of hydrogen-bond acceptors (Lipinski definition) is 3. The second kappa shape index (κ2) is 10.1. The number of anilines is 1. The number of carbonyl (C=O) groups excluding carboxylic acids is 1. The first-order chi connectivity index (χ1) is 13.6. The first kappa shape index (κ1) is 23.2. The fourth-order valence-corrected chi connectivity index (χ4v) is 4.08. The Labute approximate surface area is 178 Å². The lowest BCUT2D eigenvalue weighted by Gasteiger charge is -2.28. The fraction of sp³-hybridized carbons (Fsp3) is 0.381. The van der Waals surface area contributed by atoms with E-state index in [1.807, 2.05) is 50.2 Å². The van der Waals surface area contributed by atoms with Gasteiger partial charge in [0, 0.05) is 25.7 Å². The van der Waals surface area contributed by atoms with Crippen molar-refractivity contribution >= 4 is 33.4 Å². The number of amides is 1. The fourth-order valence-electron chi connectivity index (χ4n) is 2.83. The van der Waals surface area contributed by atoms with Crippen molar-refractivity contribution in [3.05, 3.63) is 64.2 Å². The zero-order valence-corrected chi connectivity index (χ0v) is 18.8. The monoisotopic (exact) mass is 437 g/mol. The van der Waals surface area contributed by atoms with Crippen LogP contribution in [0.4, 0.5) is 5.69 Å². The molecule has 2 rings (SSSR count). The van der Waals surface area contributed by atoms with Crippen LogP contribution in [-0.4, -0.2) is 45.8 Å². The standard InChI is InChI=1S/C21H28ClN3O3S/c1-16-7-8-17(2)20(14-16)25(29(27,28)24(3)4)15-21(26)23-13-5-6-18-9-11-19(22)12-10-18/h7-12,14H,5-6,13,15H2,1-4H3,(H,23,26). The Kier molecular flexibility index (Phi) is 8.07. The van der Waals surface area contributed by atoms with Crippen LogP contribution >= 0.6 is 11.6 Å². The van der Waals surface area contributed by atoms with E-state index in [9.17, 15) is 13.2 Å². The highest BCUT2D eigenvalue weighted by Crippen LogP contribution is 2.25. The number of benzene rings is 2. The van der Waals surface area contributed by atoms with E-state index in [0.717, 1.165) is 38.1 Å². The van der Waals surface area contributed by atoms with Crippen LogP contribution in [-0.2, 0) is 21.4 Å². The van der Waals surface area contributed by atoms with Crippen molar-refractivity contribution in [2.45, 2.75) is 26.7 Å². The molecule has 0 unspecified atom stereocenters. The van der Waals surface area contributed by atoms with Gasteiger partial charge in [0.1, 0.15) is 6.54 Å². The van der Waals surface area contributed by atoms with Crippen molar-refractivity contribution in [3.63, 3.8) is 0 Å². The zero-order chi connectivity index (χ0) is 21.6. The second-order valence-corrected chi connectivity index (χ2v) is 9.67. The van der Waals surface area contributed by atoms with Gasteiger partial charge in [0.05, 0.1) is 5.69 Å². The number of carbonyl (C=O) groups is 1. The van der Waals surface area contributed by atoms with E-state index in [2.05, 4.69) is 5.32 Å². The Morgan fingerprint density at radius 3 is 2.34 bits per heavy atom. The van der Waals surface area contributed by atoms with E-state index in [0.29, 0.717) is 17.3 Å². The quantitative estimate of drug-likeness (QED) is 0.612. The average molecular weight is 438 g/mol. The van der Waals surface area contributed by atoms with Crippen molar-refractivity contribution in [3.8, 4) is 0 Å². The maximum Gasteiger partial charge on any atom is 0.304 e. The van der Waals surface area contributed by atoms with Crippen LogP contribution in [0.3, 0.4) is 0 Å². The normalized spacial score (nSPS) is 11.5. The van der Waals surface area contributed by atoms with Gasteiger partial charge in [-0.1, -0.05) is 35.9 Å². The molecule has 0 radical (unpaired) electrons. The van der Waals surface area contributed by atoms with Gasteiger partial charge in [-0.25, -0.2) is 4.31 Å². The molecule has 1 N–H and O–H groups in total. The summed E-state index contributed by atoms with van der Waals surface area (Å²) in [6, 6.07) is 13.1. The predicted molar refractivity (Wildman–Crippen MR) is 119 cm³/mol. The number of aryl methyl sites for hydroxylation is 3. The Hall–Kier alpha value is -2.09. The van der Waals surface area contributed by atoms with Gasteiger partial charge in [-0.2, -0.15) is 12.7 Å². The molecular weight excluding hydrogens is 410 g/mol. The summed E-state index contributed by atoms with van der Waals surface area (Å²) in [7, 11) is -0.899. The van der Waals surface area contributed by atoms with Crippen LogP contribution in [0.5, 0.6) is 0 Å². The molecule has 2 aromatic carbocycles. The summed E-state index contributed by atoms with van der Waals surface area (Å²) in [5, 5.41) is 3.51. The van der Waals surface area contributed by atoms with Crippen molar-refractivity contribution in [1.82, 2.24) is 9.62 Å². The molecule has 0 saturated carbocycles. The van der Waals surface area contributed by atoms with E-state index < -0.39 is 10.2 Å². The van der Waals surface area contributed by atoms with Gasteiger partial charge in [0.15, 0.2) is 0 Å². The van der Waals surface area contributed by atoms with Gasteiger partial charge >= 0.3 is 10.2 Å². The summed E-state index contributed by atoms with van der Waals surface area (Å²) in [5.74, 6) is -0.340. The lowest BCUT2D eigenvalue weighted by molar-refractivity contribution is -0.119. The van der Waals surface area contributed by atoms with Crippen LogP contribution in [0.1, 0.15) is 23.1 Å². The van der Waals surface area contributed by atoms with Crippen LogP contribution in [0.2, 0.25) is 5.02 Å². The van der Waals surface area contributed by atoms with E-state index in [1.54, 1.807) is 6.07 Å². The molecule has 0 atom stereocenters. The molecule has 1 amide bonds. The molecule has 29 heavy (non-hydrogen) atoms. The molecule has 0 fully saturated rings. The minimum Gasteiger partial charge on any atom is -0.355 e. The van der Waals surface area contributed by atoms with E-state index in [-0.39, 0.29) is 12.5 Å². The number of rotatable bonds is 9. The van der Waals surface area contributed by atoms with E-state index >= 15 is 0 Å². The van der Waals surface area contributed by atoms with E-state index in [4.69, 9.17) is 11.6 Å². The summed E-state index contributed by atoms with van der Waals surface area (Å²) < 4.78 is 27.9. The largest absolute Gasteiger partial charge is 0.355 e. The van der Waals surface area contributed by atoms with Gasteiger partial charge in [0.2, 0.25) is 5.91 Å². The maximum absolute atomic E-state index is 12.8. The van der Waals surface area contributed by atoms with Crippen LogP contribution in [0, 0.1) is 13.8 Å². The molecule has 0 aliphatic carbocycles. The summed E-state index contributed by atoms with van der Waals surface area (Å²) in [4.78, 5) is 12.5. The highest BCUT2D eigenvalue weighted by Gasteiger charge is 2.28.